The van der Waals surface area contributed by atoms with Gasteiger partial charge in [0.15, 0.2) is 0 Å². The molecule has 0 bridgehead atoms. The summed E-state index contributed by atoms with van der Waals surface area (Å²) in [5.74, 6) is -4.18. The molecule has 6 heteroatoms. The fourth-order valence-corrected chi connectivity index (χ4v) is 1.46. The molecule has 2 unspecified atom stereocenters. The van der Waals surface area contributed by atoms with Crippen LogP contribution in [-0.2, 0) is 4.79 Å². The lowest BCUT2D eigenvalue weighted by molar-refractivity contribution is -0.594. The lowest BCUT2D eigenvalue weighted by atomic mass is 9.95. The van der Waals surface area contributed by atoms with Crippen molar-refractivity contribution in [1.29, 1.82) is 0 Å². The molecule has 2 atom stereocenters. The van der Waals surface area contributed by atoms with Crippen LogP contribution in [0.4, 0.5) is 4.39 Å². The van der Waals surface area contributed by atoms with E-state index in [4.69, 9.17) is 0 Å². The van der Waals surface area contributed by atoms with Gasteiger partial charge in [-0.25, -0.2) is 0 Å². The summed E-state index contributed by atoms with van der Waals surface area (Å²) in [6.07, 6.45) is 3.54. The SMILES string of the molecule is O=CC1C=CC(Br)=CC1(F)[N+](=O)[O-]. The van der Waals surface area contributed by atoms with Gasteiger partial charge in [-0.3, -0.25) is 10.1 Å². The van der Waals surface area contributed by atoms with Crippen molar-refractivity contribution in [3.63, 3.8) is 0 Å². The monoisotopic (exact) mass is 249 g/mol. The average molecular weight is 250 g/mol. The van der Waals surface area contributed by atoms with Crippen molar-refractivity contribution in [3.8, 4) is 0 Å². The largest absolute Gasteiger partial charge is 0.392 e. The Morgan fingerprint density at radius 1 is 1.77 bits per heavy atom. The summed E-state index contributed by atoms with van der Waals surface area (Å²) in [5, 5.41) is 10.4. The van der Waals surface area contributed by atoms with Crippen LogP contribution >= 0.6 is 15.9 Å². The molecular formula is C7H5BrFNO3. The van der Waals surface area contributed by atoms with Gasteiger partial charge in [-0.05, 0) is 0 Å². The number of halogens is 2. The number of alkyl halides is 1. The number of aldehydes is 1. The predicted octanol–water partition coefficient (Wildman–Crippen LogP) is 1.59. The van der Waals surface area contributed by atoms with E-state index in [1.54, 1.807) is 0 Å². The lowest BCUT2D eigenvalue weighted by Gasteiger charge is -2.19. The quantitative estimate of drug-likeness (QED) is 0.323. The predicted molar refractivity (Wildman–Crippen MR) is 46.5 cm³/mol. The standard InChI is InChI=1S/C7H5BrFNO3/c8-6-2-1-5(4-11)7(9,3-6)10(12)13/h1-5H. The number of rotatable bonds is 2. The van der Waals surface area contributed by atoms with Crippen LogP contribution < -0.4 is 0 Å². The van der Waals surface area contributed by atoms with E-state index < -0.39 is 16.6 Å². The maximum atomic E-state index is 13.5. The molecule has 0 aromatic carbocycles. The van der Waals surface area contributed by atoms with Crippen LogP contribution in [0.15, 0.2) is 22.7 Å². The minimum atomic E-state index is -2.82. The Morgan fingerprint density at radius 2 is 2.38 bits per heavy atom. The van der Waals surface area contributed by atoms with E-state index >= 15 is 0 Å². The molecule has 4 nitrogen and oxygen atoms in total. The van der Waals surface area contributed by atoms with Crippen LogP contribution in [0.5, 0.6) is 0 Å². The van der Waals surface area contributed by atoms with Gasteiger partial charge in [0, 0.05) is 10.6 Å². The van der Waals surface area contributed by atoms with Gasteiger partial charge in [0.1, 0.15) is 12.2 Å². The summed E-state index contributed by atoms with van der Waals surface area (Å²) in [4.78, 5) is 19.6. The van der Waals surface area contributed by atoms with Crippen LogP contribution in [0.25, 0.3) is 0 Å². The van der Waals surface area contributed by atoms with Crippen molar-refractivity contribution in [2.24, 2.45) is 5.92 Å². The fourth-order valence-electron chi connectivity index (χ4n) is 0.983. The number of allylic oxidation sites excluding steroid dienone is 2. The maximum Gasteiger partial charge on any atom is 0.392 e. The first-order valence-corrected chi connectivity index (χ1v) is 4.15. The second-order valence-electron chi connectivity index (χ2n) is 2.53. The van der Waals surface area contributed by atoms with Gasteiger partial charge in [0.25, 0.3) is 0 Å². The van der Waals surface area contributed by atoms with Crippen molar-refractivity contribution in [2.75, 3.05) is 0 Å². The molecule has 13 heavy (non-hydrogen) atoms. The normalized spacial score (nSPS) is 32.5. The minimum absolute atomic E-state index is 0.218. The highest BCUT2D eigenvalue weighted by Gasteiger charge is 2.49. The highest BCUT2D eigenvalue weighted by molar-refractivity contribution is 9.11. The van der Waals surface area contributed by atoms with Crippen LogP contribution in [0, 0.1) is 16.0 Å². The second-order valence-corrected chi connectivity index (χ2v) is 3.45. The maximum absolute atomic E-state index is 13.5. The number of hydrogen-bond acceptors (Lipinski definition) is 3. The zero-order valence-corrected chi connectivity index (χ0v) is 7.90. The van der Waals surface area contributed by atoms with Crippen LogP contribution in [0.2, 0.25) is 0 Å². The molecule has 0 spiro atoms. The average Bonchev–Trinajstić information content (AvgIpc) is 2.04. The smallest absolute Gasteiger partial charge is 0.302 e. The Hall–Kier alpha value is -1.04. The third-order valence-electron chi connectivity index (χ3n) is 1.70. The highest BCUT2D eigenvalue weighted by Crippen LogP contribution is 2.32. The lowest BCUT2D eigenvalue weighted by Crippen LogP contribution is -2.40. The Labute approximate surface area is 81.4 Å². The molecule has 0 saturated carbocycles. The molecule has 0 radical (unpaired) electrons. The fraction of sp³-hybridized carbons (Fsp3) is 0.286. The highest BCUT2D eigenvalue weighted by atomic mass is 79.9. The van der Waals surface area contributed by atoms with Gasteiger partial charge in [0.2, 0.25) is 0 Å². The van der Waals surface area contributed by atoms with Crippen LogP contribution in [0.3, 0.4) is 0 Å². The van der Waals surface area contributed by atoms with Gasteiger partial charge in [-0.2, -0.15) is 4.39 Å². The summed E-state index contributed by atoms with van der Waals surface area (Å²) in [6, 6.07) is 0. The molecule has 0 N–H and O–H groups in total. The van der Waals surface area contributed by atoms with Crippen molar-refractivity contribution in [2.45, 2.75) is 5.79 Å². The first-order valence-electron chi connectivity index (χ1n) is 3.36. The molecule has 70 valence electrons. The van der Waals surface area contributed by atoms with E-state index in [1.165, 1.54) is 6.08 Å². The van der Waals surface area contributed by atoms with E-state index in [9.17, 15) is 19.3 Å². The van der Waals surface area contributed by atoms with Crippen molar-refractivity contribution in [1.82, 2.24) is 0 Å². The summed E-state index contributed by atoms with van der Waals surface area (Å²) >= 11 is 2.90. The Bertz CT molecular complexity index is 315. The molecule has 0 fully saturated rings. The molecule has 1 aliphatic rings. The van der Waals surface area contributed by atoms with E-state index in [-0.39, 0.29) is 10.8 Å². The second kappa shape index (κ2) is 3.37. The number of carbonyl (C=O) groups excluding carboxylic acids is 1. The molecule has 0 aromatic heterocycles. The van der Waals surface area contributed by atoms with Crippen molar-refractivity contribution < 1.29 is 14.1 Å². The molecule has 0 heterocycles. The Morgan fingerprint density at radius 3 is 2.85 bits per heavy atom. The summed E-state index contributed by atoms with van der Waals surface area (Å²) in [7, 11) is 0. The van der Waals surface area contributed by atoms with Gasteiger partial charge < -0.3 is 4.79 Å². The third kappa shape index (κ3) is 1.67. The Kier molecular flexibility index (Phi) is 2.60. The number of carbonyl (C=O) groups is 1. The molecular weight excluding hydrogens is 245 g/mol. The number of nitro groups is 1. The summed E-state index contributed by atoms with van der Waals surface area (Å²) in [6.45, 7) is 0. The summed E-state index contributed by atoms with van der Waals surface area (Å²) in [5.41, 5.74) is 0. The first-order chi connectivity index (χ1) is 6.00. The van der Waals surface area contributed by atoms with Crippen LogP contribution in [0.1, 0.15) is 0 Å². The zero-order chi connectivity index (χ0) is 10.1. The van der Waals surface area contributed by atoms with Crippen molar-refractivity contribution in [3.05, 3.63) is 32.8 Å². The van der Waals surface area contributed by atoms with Gasteiger partial charge in [-0.1, -0.05) is 28.1 Å². The van der Waals surface area contributed by atoms with E-state index in [0.717, 1.165) is 12.2 Å². The first kappa shape index (κ1) is 10.0. The molecule has 0 saturated heterocycles. The summed E-state index contributed by atoms with van der Waals surface area (Å²) < 4.78 is 13.8. The topological polar surface area (TPSA) is 60.2 Å². The van der Waals surface area contributed by atoms with Crippen LogP contribution in [-0.4, -0.2) is 17.0 Å². The van der Waals surface area contributed by atoms with E-state index in [2.05, 4.69) is 15.9 Å². The number of hydrogen-bond donors (Lipinski definition) is 0. The molecule has 1 rings (SSSR count). The number of nitrogens with zero attached hydrogens (tertiary/aromatic N) is 1. The van der Waals surface area contributed by atoms with Gasteiger partial charge >= 0.3 is 5.79 Å². The van der Waals surface area contributed by atoms with Gasteiger partial charge in [0.05, 0.1) is 4.92 Å². The Balaban J connectivity index is 3.12. The molecule has 0 aliphatic heterocycles. The van der Waals surface area contributed by atoms with E-state index in [1.807, 2.05) is 0 Å². The zero-order valence-electron chi connectivity index (χ0n) is 6.31. The van der Waals surface area contributed by atoms with E-state index in [0.29, 0.717) is 0 Å². The third-order valence-corrected chi connectivity index (χ3v) is 2.19. The van der Waals surface area contributed by atoms with Gasteiger partial charge in [-0.15, -0.1) is 0 Å². The molecule has 0 aromatic rings. The molecule has 0 amide bonds. The van der Waals surface area contributed by atoms with Crippen molar-refractivity contribution >= 4 is 22.2 Å². The molecule has 1 aliphatic carbocycles. The minimum Gasteiger partial charge on any atom is -0.302 e.